The molecule has 0 unspecified atom stereocenters. The van der Waals surface area contributed by atoms with Crippen molar-refractivity contribution in [2.45, 2.75) is 43.0 Å². The van der Waals surface area contributed by atoms with E-state index in [0.717, 1.165) is 23.9 Å². The first kappa shape index (κ1) is 30.3. The van der Waals surface area contributed by atoms with Crippen molar-refractivity contribution < 1.29 is 27.1 Å². The van der Waals surface area contributed by atoms with Crippen LogP contribution in [0.2, 0.25) is 0 Å². The van der Waals surface area contributed by atoms with Crippen molar-refractivity contribution in [3.8, 4) is 11.1 Å². The molecule has 0 saturated carbocycles. The van der Waals surface area contributed by atoms with E-state index in [4.69, 9.17) is 4.74 Å². The second-order valence-corrected chi connectivity index (χ2v) is 12.9. The highest BCUT2D eigenvalue weighted by molar-refractivity contribution is 7.99. The number of aromatic amines is 1. The minimum absolute atomic E-state index is 0.00201. The molecular formula is C29H27F4N5O4S2. The van der Waals surface area contributed by atoms with Gasteiger partial charge < -0.3 is 19.5 Å². The van der Waals surface area contributed by atoms with Gasteiger partial charge in [0.25, 0.3) is 0 Å². The molecule has 1 fully saturated rings. The number of anilines is 1. The monoisotopic (exact) mass is 649 g/mol. The predicted molar refractivity (Wildman–Crippen MR) is 162 cm³/mol. The fourth-order valence-electron chi connectivity index (χ4n) is 6.38. The van der Waals surface area contributed by atoms with Crippen LogP contribution in [0, 0.1) is 5.82 Å². The number of rotatable bonds is 5. The Bertz CT molecular complexity index is 1940. The Labute approximate surface area is 256 Å². The number of nitrogens with one attached hydrogen (secondary N) is 1. The van der Waals surface area contributed by atoms with Crippen LogP contribution < -0.4 is 15.5 Å². The van der Waals surface area contributed by atoms with Gasteiger partial charge in [-0.25, -0.2) is 9.18 Å². The number of methoxy groups -OCH3 is 1. The highest BCUT2D eigenvalue weighted by Crippen LogP contribution is 2.51. The van der Waals surface area contributed by atoms with Gasteiger partial charge in [0.2, 0.25) is 5.91 Å². The number of aromatic nitrogens is 3. The Morgan fingerprint density at radius 2 is 1.93 bits per heavy atom. The van der Waals surface area contributed by atoms with Gasteiger partial charge >= 0.3 is 16.7 Å². The van der Waals surface area contributed by atoms with Crippen molar-refractivity contribution in [1.82, 2.24) is 19.4 Å². The fourth-order valence-corrected chi connectivity index (χ4v) is 8.46. The number of H-pyrrole nitrogens is 1. The standard InChI is InChI=1S/C29H27F4N5O4S2/c1-5-20(39)37-13(2)9-36(10-14(37)3)26-17-8-18(29(31,32)33)21(16-6-7-19(30)24-22(16)34-28(41)44-24)25-23(17)38(27(40)35-26)15(11-42-4)12-43-25/h5-8,13-15H,1,9-12H2,2-4H3,(H,34,41)/t13-,14+,15-/m0/s1. The number of hydrogen-bond donors (Lipinski definition) is 1. The SMILES string of the molecule is C=CC(=O)N1[C@H](C)CN(c2nc(=O)n3c4c(c(-c5ccc(F)c6sc(=O)[nH]c56)c(C(F)(F)F)cc24)SC[C@@H]3COC)C[C@@H]1C. The zero-order chi connectivity index (χ0) is 31.7. The molecular weight excluding hydrogens is 622 g/mol. The van der Waals surface area contributed by atoms with Crippen molar-refractivity contribution in [3.63, 3.8) is 0 Å². The number of nitrogens with zero attached hydrogens (tertiary/aromatic N) is 4. The quantitative estimate of drug-likeness (QED) is 0.239. The van der Waals surface area contributed by atoms with Crippen LogP contribution in [0.1, 0.15) is 25.5 Å². The Kier molecular flexibility index (Phi) is 7.61. The van der Waals surface area contributed by atoms with Gasteiger partial charge in [-0.3, -0.25) is 14.2 Å². The van der Waals surface area contributed by atoms with E-state index in [-0.39, 0.29) is 86.4 Å². The maximum atomic E-state index is 15.0. The van der Waals surface area contributed by atoms with Crippen LogP contribution in [-0.2, 0) is 15.7 Å². The third-order valence-electron chi connectivity index (χ3n) is 8.04. The Morgan fingerprint density at radius 3 is 2.57 bits per heavy atom. The van der Waals surface area contributed by atoms with Gasteiger partial charge in [0.05, 0.1) is 33.9 Å². The average molecular weight is 650 g/mol. The van der Waals surface area contributed by atoms with Crippen molar-refractivity contribution in [1.29, 1.82) is 0 Å². The Balaban J connectivity index is 1.69. The van der Waals surface area contributed by atoms with Crippen LogP contribution in [0.3, 0.4) is 0 Å². The maximum absolute atomic E-state index is 15.0. The second-order valence-electron chi connectivity index (χ2n) is 10.9. The number of thioether (sulfide) groups is 1. The molecule has 1 amide bonds. The lowest BCUT2D eigenvalue weighted by molar-refractivity contribution is -0.137. The fraction of sp³-hybridized carbons (Fsp3) is 0.379. The van der Waals surface area contributed by atoms with Gasteiger partial charge in [-0.1, -0.05) is 17.9 Å². The zero-order valence-electron chi connectivity index (χ0n) is 23.8. The molecule has 44 heavy (non-hydrogen) atoms. The van der Waals surface area contributed by atoms with Crippen molar-refractivity contribution >= 4 is 55.9 Å². The molecule has 9 nitrogen and oxygen atoms in total. The van der Waals surface area contributed by atoms with Crippen LogP contribution in [0.15, 0.2) is 45.3 Å². The van der Waals surface area contributed by atoms with E-state index in [9.17, 15) is 18.8 Å². The molecule has 1 saturated heterocycles. The lowest BCUT2D eigenvalue weighted by Crippen LogP contribution is -2.58. The Hall–Kier alpha value is -3.69. The van der Waals surface area contributed by atoms with Crippen molar-refractivity contribution in [2.75, 3.05) is 37.5 Å². The van der Waals surface area contributed by atoms with Gasteiger partial charge in [0.1, 0.15) is 11.6 Å². The highest BCUT2D eigenvalue weighted by atomic mass is 32.2. The van der Waals surface area contributed by atoms with Gasteiger partial charge in [-0.15, -0.1) is 11.8 Å². The highest BCUT2D eigenvalue weighted by Gasteiger charge is 2.41. The van der Waals surface area contributed by atoms with E-state index < -0.39 is 34.2 Å². The van der Waals surface area contributed by atoms with Gasteiger partial charge in [-0.05, 0) is 38.1 Å². The summed E-state index contributed by atoms with van der Waals surface area (Å²) >= 11 is 1.71. The molecule has 2 aliphatic heterocycles. The minimum Gasteiger partial charge on any atom is -0.383 e. The summed E-state index contributed by atoms with van der Waals surface area (Å²) in [6.45, 7) is 7.75. The number of piperazine rings is 1. The maximum Gasteiger partial charge on any atom is 0.417 e. The molecule has 4 heterocycles. The first-order valence-electron chi connectivity index (χ1n) is 13.7. The lowest BCUT2D eigenvalue weighted by atomic mass is 9.95. The largest absolute Gasteiger partial charge is 0.417 e. The van der Waals surface area contributed by atoms with Crippen LogP contribution >= 0.6 is 23.1 Å². The smallest absolute Gasteiger partial charge is 0.383 e. The van der Waals surface area contributed by atoms with Crippen molar-refractivity contribution in [2.24, 2.45) is 0 Å². The van der Waals surface area contributed by atoms with Crippen molar-refractivity contribution in [3.05, 3.63) is 62.4 Å². The molecule has 6 rings (SSSR count). The van der Waals surface area contributed by atoms with Crippen LogP contribution in [0.5, 0.6) is 0 Å². The lowest BCUT2D eigenvalue weighted by Gasteiger charge is -2.45. The number of ether oxygens (including phenoxy) is 1. The summed E-state index contributed by atoms with van der Waals surface area (Å²) in [5, 5.41) is 0.115. The first-order valence-corrected chi connectivity index (χ1v) is 15.5. The minimum atomic E-state index is -4.87. The molecule has 2 aromatic heterocycles. The summed E-state index contributed by atoms with van der Waals surface area (Å²) in [7, 11) is 1.47. The van der Waals surface area contributed by atoms with Gasteiger partial charge in [-0.2, -0.15) is 18.2 Å². The van der Waals surface area contributed by atoms with Gasteiger partial charge in [0, 0.05) is 59.4 Å². The number of halogens is 4. The Morgan fingerprint density at radius 1 is 1.23 bits per heavy atom. The van der Waals surface area contributed by atoms with E-state index in [1.807, 2.05) is 13.8 Å². The summed E-state index contributed by atoms with van der Waals surface area (Å²) in [5.74, 6) is -0.708. The molecule has 0 bridgehead atoms. The number of amides is 1. The molecule has 15 heteroatoms. The molecule has 0 spiro atoms. The number of alkyl halides is 3. The molecule has 4 aromatic rings. The van der Waals surface area contributed by atoms with E-state index in [0.29, 0.717) is 11.3 Å². The number of benzene rings is 2. The molecule has 2 aromatic carbocycles. The predicted octanol–water partition coefficient (Wildman–Crippen LogP) is 5.03. The molecule has 3 atom stereocenters. The normalized spacial score (nSPS) is 20.5. The molecule has 2 aliphatic rings. The van der Waals surface area contributed by atoms with Crippen LogP contribution in [0.4, 0.5) is 23.4 Å². The van der Waals surface area contributed by atoms with E-state index in [1.54, 1.807) is 9.80 Å². The van der Waals surface area contributed by atoms with Crippen LogP contribution in [0.25, 0.3) is 32.2 Å². The summed E-state index contributed by atoms with van der Waals surface area (Å²) in [6.07, 6.45) is -3.65. The third kappa shape index (κ3) is 4.81. The molecule has 0 radical (unpaired) electrons. The second kappa shape index (κ2) is 11.0. The number of thiazole rings is 1. The number of hydrogen-bond acceptors (Lipinski definition) is 8. The van der Waals surface area contributed by atoms with E-state index in [2.05, 4.69) is 16.5 Å². The summed E-state index contributed by atoms with van der Waals surface area (Å²) in [4.78, 5) is 48.3. The third-order valence-corrected chi connectivity index (χ3v) is 10.2. The summed E-state index contributed by atoms with van der Waals surface area (Å²) in [6, 6.07) is 2.02. The molecule has 232 valence electrons. The number of fused-ring (bicyclic) bond motifs is 1. The zero-order valence-corrected chi connectivity index (χ0v) is 25.5. The van der Waals surface area contributed by atoms with Crippen LogP contribution in [-0.4, -0.2) is 70.0 Å². The number of carbonyl (C=O) groups is 1. The molecule has 1 N–H and O–H groups in total. The summed E-state index contributed by atoms with van der Waals surface area (Å²) in [5.41, 5.74) is -1.71. The van der Waals surface area contributed by atoms with E-state index >= 15 is 13.2 Å². The average Bonchev–Trinajstić information content (AvgIpc) is 3.36. The van der Waals surface area contributed by atoms with Gasteiger partial charge in [0.15, 0.2) is 0 Å². The topological polar surface area (TPSA) is 101 Å². The number of carbonyl (C=O) groups excluding carboxylic acids is 1. The first-order chi connectivity index (χ1) is 20.8. The van der Waals surface area contributed by atoms with E-state index in [1.165, 1.54) is 23.8 Å². The molecule has 0 aliphatic carbocycles. The summed E-state index contributed by atoms with van der Waals surface area (Å²) < 4.78 is 66.3.